The Morgan fingerprint density at radius 1 is 1.54 bits per heavy atom. The number of hydrogen-bond donors (Lipinski definition) is 1. The Morgan fingerprint density at radius 3 is 2.54 bits per heavy atom. The van der Waals surface area contributed by atoms with Gasteiger partial charge in [0.15, 0.2) is 0 Å². The van der Waals surface area contributed by atoms with Crippen LogP contribution >= 0.6 is 12.6 Å². The molecule has 1 aliphatic heterocycles. The largest absolute Gasteiger partial charge is 0.444 e. The van der Waals surface area contributed by atoms with Crippen molar-refractivity contribution in [2.45, 2.75) is 38.0 Å². The Hall–Kier alpha value is -0.380. The number of nitrogens with zero attached hydrogens (tertiary/aromatic N) is 1. The summed E-state index contributed by atoms with van der Waals surface area (Å²) in [5.41, 5.74) is -0.397. The zero-order chi connectivity index (χ0) is 10.1. The minimum absolute atomic E-state index is 0.218. The zero-order valence-electron chi connectivity index (χ0n) is 8.41. The molecule has 0 N–H and O–H groups in total. The van der Waals surface area contributed by atoms with Crippen molar-refractivity contribution in [3.8, 4) is 0 Å². The third-order valence-corrected chi connectivity index (χ3v) is 2.24. The second-order valence-electron chi connectivity index (χ2n) is 4.37. The van der Waals surface area contributed by atoms with Crippen molar-refractivity contribution in [1.82, 2.24) is 4.90 Å². The summed E-state index contributed by atoms with van der Waals surface area (Å²) in [6.07, 6.45) is 0.742. The van der Waals surface area contributed by atoms with Gasteiger partial charge in [0.05, 0.1) is 0 Å². The van der Waals surface area contributed by atoms with Gasteiger partial charge in [-0.2, -0.15) is 12.6 Å². The molecule has 0 radical (unpaired) electrons. The van der Waals surface area contributed by atoms with Crippen molar-refractivity contribution in [2.75, 3.05) is 13.1 Å². The molecule has 13 heavy (non-hydrogen) atoms. The molecule has 76 valence electrons. The molecule has 1 heterocycles. The second kappa shape index (κ2) is 3.78. The Morgan fingerprint density at radius 2 is 2.15 bits per heavy atom. The number of hydrogen-bond acceptors (Lipinski definition) is 3. The summed E-state index contributed by atoms with van der Waals surface area (Å²) < 4.78 is 5.22. The van der Waals surface area contributed by atoms with Crippen LogP contribution in [0.2, 0.25) is 0 Å². The lowest BCUT2D eigenvalue weighted by molar-refractivity contribution is 0.0296. The van der Waals surface area contributed by atoms with Crippen LogP contribution in [0.1, 0.15) is 27.2 Å². The fourth-order valence-electron chi connectivity index (χ4n) is 1.23. The van der Waals surface area contributed by atoms with Gasteiger partial charge in [0.2, 0.25) is 0 Å². The molecule has 0 spiro atoms. The van der Waals surface area contributed by atoms with Crippen LogP contribution in [0.25, 0.3) is 0 Å². The molecule has 0 bridgehead atoms. The van der Waals surface area contributed by atoms with Crippen LogP contribution in [0, 0.1) is 0 Å². The summed E-state index contributed by atoms with van der Waals surface area (Å²) in [4.78, 5) is 13.2. The van der Waals surface area contributed by atoms with Crippen molar-refractivity contribution in [3.05, 3.63) is 0 Å². The van der Waals surface area contributed by atoms with Gasteiger partial charge in [0.25, 0.3) is 0 Å². The normalized spacial score (nSPS) is 23.4. The number of ether oxygens (including phenoxy) is 1. The fraction of sp³-hybridized carbons (Fsp3) is 0.889. The van der Waals surface area contributed by atoms with E-state index in [2.05, 4.69) is 12.6 Å². The maximum absolute atomic E-state index is 11.5. The Labute approximate surface area is 84.8 Å². The number of carbonyl (C=O) groups is 1. The molecule has 4 heteroatoms. The van der Waals surface area contributed by atoms with Gasteiger partial charge in [-0.25, -0.2) is 4.79 Å². The lowest BCUT2D eigenvalue weighted by Gasteiger charge is -2.24. The summed E-state index contributed by atoms with van der Waals surface area (Å²) in [7, 11) is 0. The van der Waals surface area contributed by atoms with E-state index in [1.807, 2.05) is 20.8 Å². The highest BCUT2D eigenvalue weighted by Crippen LogP contribution is 2.17. The SMILES string of the molecule is CC(C)(C)OC(=O)N1CC[C@H](S)C1. The standard InChI is InChI=1S/C9H17NO2S/c1-9(2,3)12-8(11)10-5-4-7(13)6-10/h7,13H,4-6H2,1-3H3/t7-/m0/s1. The molecule has 1 amide bonds. The van der Waals surface area contributed by atoms with E-state index in [1.165, 1.54) is 0 Å². The van der Waals surface area contributed by atoms with Gasteiger partial charge in [0.1, 0.15) is 5.60 Å². The van der Waals surface area contributed by atoms with E-state index in [0.717, 1.165) is 13.0 Å². The van der Waals surface area contributed by atoms with Crippen LogP contribution in [0.3, 0.4) is 0 Å². The van der Waals surface area contributed by atoms with Crippen LogP contribution < -0.4 is 0 Å². The maximum Gasteiger partial charge on any atom is 0.410 e. The van der Waals surface area contributed by atoms with E-state index < -0.39 is 5.60 Å². The highest BCUT2D eigenvalue weighted by Gasteiger charge is 2.27. The van der Waals surface area contributed by atoms with Gasteiger partial charge >= 0.3 is 6.09 Å². The summed E-state index contributed by atoms with van der Waals surface area (Å²) >= 11 is 4.31. The Balaban J connectivity index is 2.41. The van der Waals surface area contributed by atoms with E-state index in [-0.39, 0.29) is 6.09 Å². The van der Waals surface area contributed by atoms with Gasteiger partial charge in [-0.05, 0) is 27.2 Å². The third-order valence-electron chi connectivity index (χ3n) is 1.82. The van der Waals surface area contributed by atoms with Crippen LogP contribution in [0.4, 0.5) is 4.79 Å². The quantitative estimate of drug-likeness (QED) is 0.610. The maximum atomic E-state index is 11.5. The second-order valence-corrected chi connectivity index (χ2v) is 5.10. The summed E-state index contributed by atoms with van der Waals surface area (Å²) in [6.45, 7) is 7.10. The molecule has 1 fully saturated rings. The summed E-state index contributed by atoms with van der Waals surface area (Å²) in [6, 6.07) is 0. The number of likely N-dealkylation sites (tertiary alicyclic amines) is 1. The zero-order valence-corrected chi connectivity index (χ0v) is 9.30. The van der Waals surface area contributed by atoms with Gasteiger partial charge in [-0.15, -0.1) is 0 Å². The molecule has 0 aromatic rings. The number of rotatable bonds is 0. The molecule has 1 rings (SSSR count). The van der Waals surface area contributed by atoms with Crippen molar-refractivity contribution in [3.63, 3.8) is 0 Å². The van der Waals surface area contributed by atoms with E-state index in [1.54, 1.807) is 4.90 Å². The van der Waals surface area contributed by atoms with E-state index in [4.69, 9.17) is 4.74 Å². The average Bonchev–Trinajstić information content (AvgIpc) is 2.31. The first-order valence-corrected chi connectivity index (χ1v) is 5.06. The van der Waals surface area contributed by atoms with Crippen molar-refractivity contribution in [2.24, 2.45) is 0 Å². The van der Waals surface area contributed by atoms with Crippen LogP contribution in [0.15, 0.2) is 0 Å². The predicted molar refractivity (Wildman–Crippen MR) is 55.2 cm³/mol. The minimum atomic E-state index is -0.397. The van der Waals surface area contributed by atoms with Crippen molar-refractivity contribution in [1.29, 1.82) is 0 Å². The first kappa shape index (κ1) is 10.7. The van der Waals surface area contributed by atoms with Crippen LogP contribution in [-0.4, -0.2) is 34.9 Å². The number of carbonyl (C=O) groups excluding carboxylic acids is 1. The molecule has 1 saturated heterocycles. The molecule has 0 aliphatic carbocycles. The van der Waals surface area contributed by atoms with Gasteiger partial charge in [0, 0.05) is 18.3 Å². The Bertz CT molecular complexity index is 200. The summed E-state index contributed by atoms with van der Waals surface area (Å²) in [5, 5.41) is 0.313. The monoisotopic (exact) mass is 203 g/mol. The van der Waals surface area contributed by atoms with Crippen LogP contribution in [-0.2, 0) is 4.74 Å². The van der Waals surface area contributed by atoms with Crippen LogP contribution in [0.5, 0.6) is 0 Å². The van der Waals surface area contributed by atoms with Crippen molar-refractivity contribution >= 4 is 18.7 Å². The third kappa shape index (κ3) is 3.46. The van der Waals surface area contributed by atoms with E-state index in [9.17, 15) is 4.79 Å². The average molecular weight is 203 g/mol. The lowest BCUT2D eigenvalue weighted by Crippen LogP contribution is -2.35. The predicted octanol–water partition coefficient (Wildman–Crippen LogP) is 1.93. The molecule has 3 nitrogen and oxygen atoms in total. The summed E-state index contributed by atoms with van der Waals surface area (Å²) in [5.74, 6) is 0. The molecule has 0 unspecified atom stereocenters. The number of thiol groups is 1. The highest BCUT2D eigenvalue weighted by atomic mass is 32.1. The minimum Gasteiger partial charge on any atom is -0.444 e. The van der Waals surface area contributed by atoms with Gasteiger partial charge < -0.3 is 9.64 Å². The molecular weight excluding hydrogens is 186 g/mol. The Kier molecular flexibility index (Phi) is 3.11. The topological polar surface area (TPSA) is 29.5 Å². The molecule has 0 aromatic heterocycles. The lowest BCUT2D eigenvalue weighted by atomic mass is 10.2. The van der Waals surface area contributed by atoms with Gasteiger partial charge in [-0.3, -0.25) is 0 Å². The van der Waals surface area contributed by atoms with Crippen molar-refractivity contribution < 1.29 is 9.53 Å². The van der Waals surface area contributed by atoms with E-state index in [0.29, 0.717) is 11.8 Å². The van der Waals surface area contributed by atoms with Gasteiger partial charge in [-0.1, -0.05) is 0 Å². The molecular formula is C9H17NO2S. The molecule has 1 atom stereocenters. The molecule has 1 aliphatic rings. The van der Waals surface area contributed by atoms with E-state index >= 15 is 0 Å². The fourth-order valence-corrected chi connectivity index (χ4v) is 1.55. The molecule has 0 aromatic carbocycles. The number of amides is 1. The first-order chi connectivity index (χ1) is 5.88. The smallest absolute Gasteiger partial charge is 0.410 e. The highest BCUT2D eigenvalue weighted by molar-refractivity contribution is 7.81. The first-order valence-electron chi connectivity index (χ1n) is 4.54. The molecule has 0 saturated carbocycles.